The Bertz CT molecular complexity index is 1150. The number of anilines is 1. The number of hydrogen-bond acceptors (Lipinski definition) is 3. The number of benzene rings is 2. The Hall–Kier alpha value is -2.92. The molecule has 0 spiro atoms. The maximum Gasteiger partial charge on any atom is 0.254 e. The Morgan fingerprint density at radius 1 is 1.16 bits per heavy atom. The predicted molar refractivity (Wildman–Crippen MR) is 120 cm³/mol. The molecule has 4 nitrogen and oxygen atoms in total. The summed E-state index contributed by atoms with van der Waals surface area (Å²) in [6.07, 6.45) is 1.09. The smallest absolute Gasteiger partial charge is 0.254 e. The number of rotatable bonds is 3. The summed E-state index contributed by atoms with van der Waals surface area (Å²) < 4.78 is 13.6. The van der Waals surface area contributed by atoms with Crippen LogP contribution in [-0.4, -0.2) is 11.7 Å². The molecule has 0 fully saturated rings. The van der Waals surface area contributed by atoms with Gasteiger partial charge in [-0.05, 0) is 48.6 Å². The molecule has 0 saturated heterocycles. The molecule has 1 atom stereocenters. The maximum absolute atomic E-state index is 13.6. The lowest BCUT2D eigenvalue weighted by atomic mass is 9.68. The van der Waals surface area contributed by atoms with Crippen LogP contribution >= 0.6 is 11.6 Å². The predicted octanol–water partition coefficient (Wildman–Crippen LogP) is 5.72. The molecule has 0 aromatic heterocycles. The summed E-state index contributed by atoms with van der Waals surface area (Å²) in [5.41, 5.74) is 3.37. The van der Waals surface area contributed by atoms with E-state index in [1.54, 1.807) is 12.1 Å². The van der Waals surface area contributed by atoms with E-state index in [1.165, 1.54) is 18.2 Å². The van der Waals surface area contributed by atoms with E-state index in [0.717, 1.165) is 5.70 Å². The maximum atomic E-state index is 13.6. The van der Waals surface area contributed by atoms with Gasteiger partial charge in [0.05, 0.1) is 0 Å². The van der Waals surface area contributed by atoms with E-state index in [2.05, 4.69) is 24.5 Å². The Morgan fingerprint density at radius 2 is 1.90 bits per heavy atom. The second-order valence-electron chi connectivity index (χ2n) is 8.92. The highest BCUT2D eigenvalue weighted by Gasteiger charge is 2.43. The number of ketones is 1. The summed E-state index contributed by atoms with van der Waals surface area (Å²) in [7, 11) is 0. The molecule has 1 aliphatic carbocycles. The van der Waals surface area contributed by atoms with Crippen molar-refractivity contribution in [3.8, 4) is 0 Å². The highest BCUT2D eigenvalue weighted by atomic mass is 35.5. The number of dihydropyridines is 1. The summed E-state index contributed by atoms with van der Waals surface area (Å²) in [6, 6.07) is 13.0. The van der Waals surface area contributed by atoms with Crippen molar-refractivity contribution in [3.05, 3.63) is 87.5 Å². The zero-order valence-corrected chi connectivity index (χ0v) is 18.4. The fourth-order valence-electron chi connectivity index (χ4n) is 4.52. The largest absolute Gasteiger partial charge is 0.362 e. The molecule has 160 valence electrons. The average molecular weight is 439 g/mol. The molecular weight excluding hydrogens is 415 g/mol. The van der Waals surface area contributed by atoms with Crippen molar-refractivity contribution < 1.29 is 14.0 Å². The van der Waals surface area contributed by atoms with E-state index in [9.17, 15) is 14.0 Å². The third-order valence-corrected chi connectivity index (χ3v) is 6.13. The van der Waals surface area contributed by atoms with Crippen LogP contribution < -0.4 is 10.6 Å². The van der Waals surface area contributed by atoms with Crippen LogP contribution in [0.2, 0.25) is 5.02 Å². The van der Waals surface area contributed by atoms with E-state index in [0.29, 0.717) is 46.0 Å². The molecule has 1 heterocycles. The van der Waals surface area contributed by atoms with Gasteiger partial charge in [-0.1, -0.05) is 49.7 Å². The monoisotopic (exact) mass is 438 g/mol. The zero-order valence-electron chi connectivity index (χ0n) is 17.7. The highest BCUT2D eigenvalue weighted by molar-refractivity contribution is 6.31. The minimum Gasteiger partial charge on any atom is -0.362 e. The van der Waals surface area contributed by atoms with Gasteiger partial charge < -0.3 is 10.6 Å². The van der Waals surface area contributed by atoms with Crippen LogP contribution in [0.15, 0.2) is 71.1 Å². The first-order chi connectivity index (χ1) is 14.7. The van der Waals surface area contributed by atoms with Gasteiger partial charge in [0, 0.05) is 45.6 Å². The number of nitrogens with one attached hydrogen (secondary N) is 2. The number of Topliss-reactive ketones (excluding diaryl/α,β-unsaturated/α-hetero) is 1. The quantitative estimate of drug-likeness (QED) is 0.644. The summed E-state index contributed by atoms with van der Waals surface area (Å²) in [5.74, 6) is -1.43. The molecule has 1 unspecified atom stereocenters. The second kappa shape index (κ2) is 7.97. The van der Waals surface area contributed by atoms with Crippen LogP contribution in [0, 0.1) is 11.2 Å². The van der Waals surface area contributed by atoms with Crippen LogP contribution in [0.3, 0.4) is 0 Å². The number of carbonyl (C=O) groups is 2. The van der Waals surface area contributed by atoms with Crippen LogP contribution in [0.25, 0.3) is 0 Å². The Kier molecular flexibility index (Phi) is 5.48. The molecule has 2 aromatic carbocycles. The first kappa shape index (κ1) is 21.3. The lowest BCUT2D eigenvalue weighted by molar-refractivity contribution is -0.118. The first-order valence-electron chi connectivity index (χ1n) is 10.2. The number of hydrogen-bond donors (Lipinski definition) is 2. The molecule has 6 heteroatoms. The van der Waals surface area contributed by atoms with Crippen LogP contribution in [0.5, 0.6) is 0 Å². The van der Waals surface area contributed by atoms with Crippen molar-refractivity contribution in [2.24, 2.45) is 5.41 Å². The molecule has 2 N–H and O–H groups in total. The van der Waals surface area contributed by atoms with Crippen molar-refractivity contribution in [2.75, 3.05) is 5.32 Å². The molecule has 2 aliphatic rings. The minimum atomic E-state index is -0.595. The molecule has 0 saturated carbocycles. The molecular formula is C25H24ClFN2O2. The van der Waals surface area contributed by atoms with Gasteiger partial charge in [-0.3, -0.25) is 9.59 Å². The van der Waals surface area contributed by atoms with Crippen molar-refractivity contribution in [2.45, 2.75) is 39.5 Å². The topological polar surface area (TPSA) is 58.2 Å². The Balaban J connectivity index is 1.83. The number of amides is 1. The van der Waals surface area contributed by atoms with E-state index < -0.39 is 17.6 Å². The summed E-state index contributed by atoms with van der Waals surface area (Å²) >= 11 is 6.53. The summed E-state index contributed by atoms with van der Waals surface area (Å²) in [5, 5.41) is 6.58. The number of carbonyl (C=O) groups excluding carboxylic acids is 2. The van der Waals surface area contributed by atoms with Gasteiger partial charge in [-0.2, -0.15) is 0 Å². The average Bonchev–Trinajstić information content (AvgIpc) is 2.66. The summed E-state index contributed by atoms with van der Waals surface area (Å²) in [4.78, 5) is 26.7. The lowest BCUT2D eigenvalue weighted by Gasteiger charge is -2.39. The van der Waals surface area contributed by atoms with Crippen molar-refractivity contribution in [1.29, 1.82) is 0 Å². The minimum absolute atomic E-state index is 0.00669. The molecule has 1 amide bonds. The van der Waals surface area contributed by atoms with Crippen molar-refractivity contribution in [3.63, 3.8) is 0 Å². The van der Waals surface area contributed by atoms with Gasteiger partial charge in [0.2, 0.25) is 0 Å². The third-order valence-electron chi connectivity index (χ3n) is 5.78. The van der Waals surface area contributed by atoms with Crippen molar-refractivity contribution >= 4 is 29.0 Å². The zero-order chi connectivity index (χ0) is 22.3. The third kappa shape index (κ3) is 4.15. The van der Waals surface area contributed by atoms with E-state index in [1.807, 2.05) is 25.1 Å². The van der Waals surface area contributed by atoms with Gasteiger partial charge in [0.15, 0.2) is 5.78 Å². The fourth-order valence-corrected chi connectivity index (χ4v) is 4.77. The standard InChI is InChI=1S/C25H24ClFN2O2/c1-14-21(24(31)29-16-8-6-7-15(27)11-16)22(17-9-4-5-10-18(17)26)23-19(28-14)12-25(2,3)13-20(23)30/h4-11,22,28H,12-13H2,1-3H3,(H,29,31). The van der Waals surface area contributed by atoms with Crippen LogP contribution in [-0.2, 0) is 9.59 Å². The molecule has 1 aliphatic heterocycles. The van der Waals surface area contributed by atoms with Gasteiger partial charge in [-0.15, -0.1) is 0 Å². The molecule has 4 rings (SSSR count). The molecule has 0 radical (unpaired) electrons. The van der Waals surface area contributed by atoms with Gasteiger partial charge >= 0.3 is 0 Å². The fraction of sp³-hybridized carbons (Fsp3) is 0.280. The Labute approximate surface area is 186 Å². The SMILES string of the molecule is CC1=C(C(=O)Nc2cccc(F)c2)C(c2ccccc2Cl)C2=C(CC(C)(C)CC2=O)N1. The van der Waals surface area contributed by atoms with E-state index in [4.69, 9.17) is 11.6 Å². The first-order valence-corrected chi connectivity index (χ1v) is 10.6. The van der Waals surface area contributed by atoms with Gasteiger partial charge in [-0.25, -0.2) is 4.39 Å². The second-order valence-corrected chi connectivity index (χ2v) is 9.32. The van der Waals surface area contributed by atoms with E-state index in [-0.39, 0.29) is 11.2 Å². The van der Waals surface area contributed by atoms with Crippen LogP contribution in [0.4, 0.5) is 10.1 Å². The van der Waals surface area contributed by atoms with Gasteiger partial charge in [0.25, 0.3) is 5.91 Å². The normalized spacial score (nSPS) is 20.3. The lowest BCUT2D eigenvalue weighted by Crippen LogP contribution is -2.39. The highest BCUT2D eigenvalue weighted by Crippen LogP contribution is 2.47. The molecule has 31 heavy (non-hydrogen) atoms. The summed E-state index contributed by atoms with van der Waals surface area (Å²) in [6.45, 7) is 5.94. The van der Waals surface area contributed by atoms with Crippen LogP contribution in [0.1, 0.15) is 45.1 Å². The molecule has 0 bridgehead atoms. The van der Waals surface area contributed by atoms with Gasteiger partial charge in [0.1, 0.15) is 5.82 Å². The number of allylic oxidation sites excluding steroid dienone is 3. The van der Waals surface area contributed by atoms with E-state index >= 15 is 0 Å². The Morgan fingerprint density at radius 3 is 2.61 bits per heavy atom. The molecule has 2 aromatic rings. The number of halogens is 2. The van der Waals surface area contributed by atoms with Crippen molar-refractivity contribution in [1.82, 2.24) is 5.32 Å².